The summed E-state index contributed by atoms with van der Waals surface area (Å²) in [5.41, 5.74) is 7.70. The van der Waals surface area contributed by atoms with Gasteiger partial charge in [-0.1, -0.05) is 25.3 Å². The van der Waals surface area contributed by atoms with Crippen LogP contribution < -0.4 is 16.4 Å². The average molecular weight is 426 g/mol. The first-order valence-corrected chi connectivity index (χ1v) is 11.2. The standard InChI is InChI=1S/C23H28N4O4/c1-11-8-9-14-19(12(11)2)25-22(31)23(14)18-17(15(26-23)10-16(24)28)20(29)27(21(18)30)13-6-4-3-5-7-13/h8-9,13,15,17-18,26H,3-7,10H2,1-2H3,(H2,24,28)(H,25,31)/p+1/t15-,17+,18-,23-/m0/s1. The second kappa shape index (κ2) is 6.88. The van der Waals surface area contributed by atoms with Crippen molar-refractivity contribution in [3.8, 4) is 0 Å². The van der Waals surface area contributed by atoms with Gasteiger partial charge in [0, 0.05) is 11.6 Å². The summed E-state index contributed by atoms with van der Waals surface area (Å²) in [6, 6.07) is 3.18. The van der Waals surface area contributed by atoms with Crippen LogP contribution in [0.4, 0.5) is 5.69 Å². The minimum Gasteiger partial charge on any atom is -0.369 e. The van der Waals surface area contributed by atoms with E-state index >= 15 is 0 Å². The van der Waals surface area contributed by atoms with Crippen LogP contribution in [0, 0.1) is 25.7 Å². The number of aryl methyl sites for hydroxylation is 1. The zero-order valence-corrected chi connectivity index (χ0v) is 17.9. The Morgan fingerprint density at radius 2 is 1.87 bits per heavy atom. The summed E-state index contributed by atoms with van der Waals surface area (Å²) < 4.78 is 0. The molecule has 1 aromatic rings. The summed E-state index contributed by atoms with van der Waals surface area (Å²) in [6.07, 6.45) is 4.63. The fourth-order valence-corrected chi connectivity index (χ4v) is 6.42. The number of primary amides is 1. The van der Waals surface area contributed by atoms with Crippen LogP contribution in [0.2, 0.25) is 0 Å². The minimum absolute atomic E-state index is 0.0477. The lowest BCUT2D eigenvalue weighted by molar-refractivity contribution is -0.732. The van der Waals surface area contributed by atoms with Gasteiger partial charge in [-0.15, -0.1) is 0 Å². The molecule has 3 heterocycles. The molecule has 4 aliphatic rings. The number of nitrogens with zero attached hydrogens (tertiary/aromatic N) is 1. The molecule has 4 atom stereocenters. The first-order valence-electron chi connectivity index (χ1n) is 11.2. The van der Waals surface area contributed by atoms with Gasteiger partial charge >= 0.3 is 0 Å². The Morgan fingerprint density at radius 1 is 1.16 bits per heavy atom. The van der Waals surface area contributed by atoms with Gasteiger partial charge in [-0.25, -0.2) is 0 Å². The van der Waals surface area contributed by atoms with E-state index in [-0.39, 0.29) is 30.2 Å². The molecule has 0 aromatic heterocycles. The third-order valence-corrected chi connectivity index (χ3v) is 7.99. The van der Waals surface area contributed by atoms with Gasteiger partial charge in [-0.3, -0.25) is 24.1 Å². The molecule has 2 saturated heterocycles. The first-order chi connectivity index (χ1) is 14.8. The molecule has 0 radical (unpaired) electrons. The van der Waals surface area contributed by atoms with Crippen molar-refractivity contribution >= 4 is 29.3 Å². The summed E-state index contributed by atoms with van der Waals surface area (Å²) in [5, 5.41) is 4.76. The molecule has 1 saturated carbocycles. The van der Waals surface area contributed by atoms with Gasteiger partial charge in [-0.2, -0.15) is 0 Å². The molecule has 3 aliphatic heterocycles. The summed E-state index contributed by atoms with van der Waals surface area (Å²) >= 11 is 0. The highest BCUT2D eigenvalue weighted by atomic mass is 16.2. The Bertz CT molecular complexity index is 1020. The van der Waals surface area contributed by atoms with E-state index in [0.29, 0.717) is 0 Å². The van der Waals surface area contributed by atoms with Crippen LogP contribution in [-0.4, -0.2) is 40.6 Å². The molecular formula is C23H29N4O4+. The van der Waals surface area contributed by atoms with Gasteiger partial charge in [0.25, 0.3) is 5.91 Å². The molecule has 1 aromatic carbocycles. The molecule has 1 spiro atoms. The fourth-order valence-electron chi connectivity index (χ4n) is 6.42. The molecule has 5 rings (SSSR count). The monoisotopic (exact) mass is 425 g/mol. The highest BCUT2D eigenvalue weighted by Crippen LogP contribution is 2.51. The van der Waals surface area contributed by atoms with Crippen molar-refractivity contribution in [2.45, 2.75) is 70.0 Å². The molecule has 31 heavy (non-hydrogen) atoms. The molecular weight excluding hydrogens is 396 g/mol. The van der Waals surface area contributed by atoms with Gasteiger partial charge in [0.1, 0.15) is 17.9 Å². The van der Waals surface area contributed by atoms with E-state index in [4.69, 9.17) is 5.73 Å². The number of hydrogen-bond acceptors (Lipinski definition) is 4. The number of hydrogen-bond donors (Lipinski definition) is 3. The van der Waals surface area contributed by atoms with E-state index < -0.39 is 29.3 Å². The number of fused-ring (bicyclic) bond motifs is 4. The molecule has 4 amide bonds. The molecule has 8 heteroatoms. The van der Waals surface area contributed by atoms with Crippen LogP contribution in [-0.2, 0) is 24.7 Å². The Kier molecular flexibility index (Phi) is 4.48. The Balaban J connectivity index is 1.65. The number of carbonyl (C=O) groups is 4. The SMILES string of the molecule is Cc1ccc2c(c1C)NC(=O)[C@]21[NH2+][C@@H](CC(N)=O)[C@H]2C(=O)N(C3CCCCC3)C(=O)[C@H]21. The molecule has 164 valence electrons. The van der Waals surface area contributed by atoms with E-state index in [1.54, 1.807) is 5.32 Å². The first kappa shape index (κ1) is 20.2. The van der Waals surface area contributed by atoms with Crippen molar-refractivity contribution in [2.75, 3.05) is 5.32 Å². The predicted octanol–water partition coefficient (Wildman–Crippen LogP) is 0.206. The maximum atomic E-state index is 13.8. The number of anilines is 1. The van der Waals surface area contributed by atoms with E-state index in [1.807, 2.05) is 26.0 Å². The minimum atomic E-state index is -1.24. The summed E-state index contributed by atoms with van der Waals surface area (Å²) in [6.45, 7) is 3.91. The summed E-state index contributed by atoms with van der Waals surface area (Å²) in [7, 11) is 0. The molecule has 0 unspecified atom stereocenters. The zero-order chi connectivity index (χ0) is 22.1. The lowest BCUT2D eigenvalue weighted by atomic mass is 9.76. The highest BCUT2D eigenvalue weighted by Gasteiger charge is 2.74. The number of rotatable bonds is 3. The van der Waals surface area contributed by atoms with Crippen LogP contribution in [0.15, 0.2) is 12.1 Å². The van der Waals surface area contributed by atoms with Crippen molar-refractivity contribution < 1.29 is 24.5 Å². The number of likely N-dealkylation sites (tertiary alicyclic amines) is 1. The van der Waals surface area contributed by atoms with Crippen LogP contribution in [0.3, 0.4) is 0 Å². The third-order valence-electron chi connectivity index (χ3n) is 7.99. The van der Waals surface area contributed by atoms with Crippen molar-refractivity contribution in [1.29, 1.82) is 0 Å². The van der Waals surface area contributed by atoms with Gasteiger partial charge < -0.3 is 16.4 Å². The van der Waals surface area contributed by atoms with E-state index in [1.165, 1.54) is 4.90 Å². The smallest absolute Gasteiger partial charge is 0.291 e. The maximum Gasteiger partial charge on any atom is 0.291 e. The Labute approximate surface area is 180 Å². The molecule has 1 aliphatic carbocycles. The fraction of sp³-hybridized carbons (Fsp3) is 0.565. The normalized spacial score (nSPS) is 32.5. The lowest BCUT2D eigenvalue weighted by Gasteiger charge is -2.32. The maximum absolute atomic E-state index is 13.8. The number of nitrogens with two attached hydrogens (primary N) is 2. The van der Waals surface area contributed by atoms with Crippen molar-refractivity contribution in [1.82, 2.24) is 4.90 Å². The zero-order valence-electron chi connectivity index (χ0n) is 17.9. The molecule has 8 nitrogen and oxygen atoms in total. The average Bonchev–Trinajstić information content (AvgIpc) is 3.30. The number of imide groups is 1. The summed E-state index contributed by atoms with van der Waals surface area (Å²) in [5.74, 6) is -2.88. The van der Waals surface area contributed by atoms with Crippen molar-refractivity contribution in [3.05, 3.63) is 28.8 Å². The largest absolute Gasteiger partial charge is 0.369 e. The number of nitrogens with one attached hydrogen (secondary N) is 1. The Hall–Kier alpha value is -2.74. The number of quaternary nitrogens is 1. The quantitative estimate of drug-likeness (QED) is 0.598. The second-order valence-corrected chi connectivity index (χ2v) is 9.60. The van der Waals surface area contributed by atoms with E-state index in [9.17, 15) is 19.2 Å². The Morgan fingerprint density at radius 3 is 2.55 bits per heavy atom. The number of amides is 4. The van der Waals surface area contributed by atoms with Crippen molar-refractivity contribution in [3.63, 3.8) is 0 Å². The van der Waals surface area contributed by atoms with Gasteiger partial charge in [0.2, 0.25) is 23.3 Å². The number of carbonyl (C=O) groups excluding carboxylic acids is 4. The van der Waals surface area contributed by atoms with Crippen LogP contribution in [0.1, 0.15) is 55.2 Å². The summed E-state index contributed by atoms with van der Waals surface area (Å²) in [4.78, 5) is 54.1. The topological polar surface area (TPSA) is 126 Å². The van der Waals surface area contributed by atoms with Gasteiger partial charge in [0.05, 0.1) is 12.1 Å². The molecule has 5 N–H and O–H groups in total. The second-order valence-electron chi connectivity index (χ2n) is 9.60. The van der Waals surface area contributed by atoms with Crippen LogP contribution in [0.25, 0.3) is 0 Å². The molecule has 3 fully saturated rings. The van der Waals surface area contributed by atoms with Crippen LogP contribution >= 0.6 is 0 Å². The van der Waals surface area contributed by atoms with Crippen molar-refractivity contribution in [2.24, 2.45) is 17.6 Å². The van der Waals surface area contributed by atoms with Crippen LogP contribution in [0.5, 0.6) is 0 Å². The lowest BCUT2D eigenvalue weighted by Crippen LogP contribution is -2.99. The van der Waals surface area contributed by atoms with E-state index in [2.05, 4.69) is 5.32 Å². The van der Waals surface area contributed by atoms with Gasteiger partial charge in [0.15, 0.2) is 0 Å². The third kappa shape index (κ3) is 2.63. The molecule has 0 bridgehead atoms. The number of benzene rings is 1. The van der Waals surface area contributed by atoms with Gasteiger partial charge in [-0.05, 0) is 43.9 Å². The highest BCUT2D eigenvalue weighted by molar-refractivity contribution is 6.14. The predicted molar refractivity (Wildman–Crippen MR) is 111 cm³/mol. The van der Waals surface area contributed by atoms with E-state index in [0.717, 1.165) is 54.5 Å².